The van der Waals surface area contributed by atoms with Gasteiger partial charge >= 0.3 is 0 Å². The van der Waals surface area contributed by atoms with Crippen LogP contribution in [0.2, 0.25) is 0 Å². The molecule has 17 heavy (non-hydrogen) atoms. The minimum Gasteiger partial charge on any atom is -0.341 e. The van der Waals surface area contributed by atoms with Crippen LogP contribution in [0, 0.1) is 0 Å². The lowest BCUT2D eigenvalue weighted by molar-refractivity contribution is 0.619. The molecule has 0 atom stereocenters. The fourth-order valence-corrected chi connectivity index (χ4v) is 2.65. The Hall–Kier alpha value is -1.16. The molecule has 0 bridgehead atoms. The van der Waals surface area contributed by atoms with Crippen molar-refractivity contribution in [1.29, 1.82) is 0 Å². The number of rotatable bonds is 1. The van der Waals surface area contributed by atoms with E-state index in [-0.39, 0.29) is 0 Å². The van der Waals surface area contributed by atoms with Crippen molar-refractivity contribution < 1.29 is 0 Å². The van der Waals surface area contributed by atoms with Gasteiger partial charge in [0.1, 0.15) is 0 Å². The minimum absolute atomic E-state index is 0.901. The lowest BCUT2D eigenvalue weighted by Gasteiger charge is -2.23. The normalized spacial score (nSPS) is 20.8. The van der Waals surface area contributed by atoms with E-state index in [9.17, 15) is 0 Å². The van der Waals surface area contributed by atoms with Crippen LogP contribution in [0.1, 0.15) is 36.9 Å². The van der Waals surface area contributed by atoms with E-state index in [0.29, 0.717) is 0 Å². The fraction of sp³-hybridized carbons (Fsp3) is 0.692. The van der Waals surface area contributed by atoms with Crippen molar-refractivity contribution in [3.63, 3.8) is 0 Å². The van der Waals surface area contributed by atoms with Gasteiger partial charge in [0.15, 0.2) is 0 Å². The maximum Gasteiger partial charge on any atom is 0.225 e. The molecule has 0 unspecified atom stereocenters. The van der Waals surface area contributed by atoms with E-state index < -0.39 is 0 Å². The van der Waals surface area contributed by atoms with Crippen LogP contribution in [0.3, 0.4) is 0 Å². The summed E-state index contributed by atoms with van der Waals surface area (Å²) < 4.78 is 0. The van der Waals surface area contributed by atoms with Crippen LogP contribution in [-0.2, 0) is 13.0 Å². The molecule has 1 aromatic heterocycles. The van der Waals surface area contributed by atoms with Crippen molar-refractivity contribution in [2.75, 3.05) is 24.5 Å². The Morgan fingerprint density at radius 2 is 1.94 bits per heavy atom. The number of aromatic nitrogens is 2. The molecule has 1 N–H and O–H groups in total. The summed E-state index contributed by atoms with van der Waals surface area (Å²) in [6.45, 7) is 4.19. The Morgan fingerprint density at radius 1 is 1.12 bits per heavy atom. The first kappa shape index (κ1) is 11.0. The zero-order chi connectivity index (χ0) is 11.5. The Kier molecular flexibility index (Phi) is 3.22. The lowest BCUT2D eigenvalue weighted by Crippen LogP contribution is -2.29. The Bertz CT molecular complexity index is 383. The maximum absolute atomic E-state index is 4.73. The summed E-state index contributed by atoms with van der Waals surface area (Å²) in [6.07, 6.45) is 8.35. The van der Waals surface area contributed by atoms with Gasteiger partial charge in [-0.1, -0.05) is 12.8 Å². The van der Waals surface area contributed by atoms with Gasteiger partial charge in [-0.2, -0.15) is 0 Å². The number of nitrogens with one attached hydrogen (secondary N) is 1. The van der Waals surface area contributed by atoms with Gasteiger partial charge in [0, 0.05) is 25.8 Å². The summed E-state index contributed by atoms with van der Waals surface area (Å²) in [4.78, 5) is 11.6. The molecule has 1 saturated heterocycles. The molecule has 0 amide bonds. The predicted octanol–water partition coefficient (Wildman–Crippen LogP) is 1.50. The molecule has 2 aliphatic rings. The highest BCUT2D eigenvalue weighted by molar-refractivity contribution is 5.34. The van der Waals surface area contributed by atoms with Gasteiger partial charge in [0.05, 0.1) is 5.69 Å². The first-order valence-electron chi connectivity index (χ1n) is 6.74. The smallest absolute Gasteiger partial charge is 0.225 e. The highest BCUT2D eigenvalue weighted by Gasteiger charge is 2.16. The van der Waals surface area contributed by atoms with Crippen LogP contribution < -0.4 is 10.2 Å². The van der Waals surface area contributed by atoms with Gasteiger partial charge in [-0.25, -0.2) is 9.97 Å². The molecular formula is C13H20N4. The monoisotopic (exact) mass is 232 g/mol. The topological polar surface area (TPSA) is 41.1 Å². The molecule has 1 aromatic rings. The molecule has 4 heteroatoms. The summed E-state index contributed by atoms with van der Waals surface area (Å²) in [6, 6.07) is 0. The van der Waals surface area contributed by atoms with Crippen molar-refractivity contribution in [1.82, 2.24) is 15.3 Å². The van der Waals surface area contributed by atoms with Crippen LogP contribution in [0.5, 0.6) is 0 Å². The number of hydrogen-bond donors (Lipinski definition) is 1. The van der Waals surface area contributed by atoms with E-state index in [0.717, 1.165) is 38.5 Å². The first-order valence-corrected chi connectivity index (χ1v) is 6.74. The fourth-order valence-electron chi connectivity index (χ4n) is 2.65. The van der Waals surface area contributed by atoms with Crippen molar-refractivity contribution in [3.05, 3.63) is 17.5 Å². The SMILES string of the molecule is c1nc(N2CCCCCC2)nc2c1CCNC2. The van der Waals surface area contributed by atoms with Crippen molar-refractivity contribution >= 4 is 5.95 Å². The van der Waals surface area contributed by atoms with Gasteiger partial charge in [-0.05, 0) is 31.4 Å². The van der Waals surface area contributed by atoms with Crippen LogP contribution in [0.25, 0.3) is 0 Å². The average Bonchev–Trinajstić information content (AvgIpc) is 2.67. The van der Waals surface area contributed by atoms with E-state index in [4.69, 9.17) is 4.98 Å². The zero-order valence-electron chi connectivity index (χ0n) is 10.3. The molecule has 3 rings (SSSR count). The summed E-state index contributed by atoms with van der Waals surface area (Å²) in [5.41, 5.74) is 2.52. The van der Waals surface area contributed by atoms with Crippen molar-refractivity contribution in [3.8, 4) is 0 Å². The molecule has 3 heterocycles. The average molecular weight is 232 g/mol. The summed E-state index contributed by atoms with van der Waals surface area (Å²) in [5.74, 6) is 0.939. The summed E-state index contributed by atoms with van der Waals surface area (Å²) in [7, 11) is 0. The highest BCUT2D eigenvalue weighted by atomic mass is 15.2. The molecule has 0 spiro atoms. The van der Waals surface area contributed by atoms with Crippen LogP contribution in [0.4, 0.5) is 5.95 Å². The minimum atomic E-state index is 0.901. The third-order valence-corrected chi connectivity index (χ3v) is 3.69. The molecule has 0 aromatic carbocycles. The summed E-state index contributed by atoms with van der Waals surface area (Å²) in [5, 5.41) is 3.37. The Morgan fingerprint density at radius 3 is 2.76 bits per heavy atom. The molecule has 0 aliphatic carbocycles. The van der Waals surface area contributed by atoms with Gasteiger partial charge in [-0.3, -0.25) is 0 Å². The van der Waals surface area contributed by atoms with Crippen molar-refractivity contribution in [2.24, 2.45) is 0 Å². The summed E-state index contributed by atoms with van der Waals surface area (Å²) >= 11 is 0. The largest absolute Gasteiger partial charge is 0.341 e. The van der Waals surface area contributed by atoms with Gasteiger partial charge in [-0.15, -0.1) is 0 Å². The van der Waals surface area contributed by atoms with Crippen LogP contribution in [0.15, 0.2) is 6.20 Å². The second-order valence-electron chi connectivity index (χ2n) is 4.97. The molecule has 0 saturated carbocycles. The molecule has 4 nitrogen and oxygen atoms in total. The van der Waals surface area contributed by atoms with Crippen LogP contribution >= 0.6 is 0 Å². The molecule has 0 radical (unpaired) electrons. The van der Waals surface area contributed by atoms with Crippen molar-refractivity contribution in [2.45, 2.75) is 38.6 Å². The Balaban J connectivity index is 1.82. The number of nitrogens with zero attached hydrogens (tertiary/aromatic N) is 3. The number of fused-ring (bicyclic) bond motifs is 1. The van der Waals surface area contributed by atoms with Crippen LogP contribution in [-0.4, -0.2) is 29.6 Å². The van der Waals surface area contributed by atoms with Gasteiger partial charge in [0.25, 0.3) is 0 Å². The highest BCUT2D eigenvalue weighted by Crippen LogP contribution is 2.18. The maximum atomic E-state index is 4.73. The van der Waals surface area contributed by atoms with Gasteiger partial charge in [0.2, 0.25) is 5.95 Å². The predicted molar refractivity (Wildman–Crippen MR) is 68.1 cm³/mol. The second-order valence-corrected chi connectivity index (χ2v) is 4.97. The quantitative estimate of drug-likeness (QED) is 0.796. The van der Waals surface area contributed by atoms with E-state index >= 15 is 0 Å². The number of hydrogen-bond acceptors (Lipinski definition) is 4. The van der Waals surface area contributed by atoms with E-state index in [1.54, 1.807) is 0 Å². The third kappa shape index (κ3) is 2.41. The van der Waals surface area contributed by atoms with E-state index in [1.165, 1.54) is 36.9 Å². The lowest BCUT2D eigenvalue weighted by atomic mass is 10.1. The Labute approximate surface area is 102 Å². The molecule has 92 valence electrons. The molecule has 1 fully saturated rings. The number of anilines is 1. The second kappa shape index (κ2) is 5.00. The first-order chi connectivity index (χ1) is 8.43. The molecule has 2 aliphatic heterocycles. The zero-order valence-corrected chi connectivity index (χ0v) is 10.3. The van der Waals surface area contributed by atoms with E-state index in [2.05, 4.69) is 15.2 Å². The van der Waals surface area contributed by atoms with E-state index in [1.807, 2.05) is 6.20 Å². The van der Waals surface area contributed by atoms with Gasteiger partial charge < -0.3 is 10.2 Å². The third-order valence-electron chi connectivity index (χ3n) is 3.69. The molecular weight excluding hydrogens is 212 g/mol. The standard InChI is InChI=1S/C13H20N4/c1-2-4-8-17(7-3-1)13-15-9-11-5-6-14-10-12(11)16-13/h9,14H,1-8,10H2.